The molecule has 3 aromatic rings. The fourth-order valence-corrected chi connectivity index (χ4v) is 5.70. The lowest BCUT2D eigenvalue weighted by atomic mass is 10.1. The number of aromatic nitrogens is 4. The van der Waals surface area contributed by atoms with Crippen molar-refractivity contribution in [1.29, 1.82) is 4.78 Å². The fraction of sp³-hybridized carbons (Fsp3) is 0.476. The van der Waals surface area contributed by atoms with Crippen molar-refractivity contribution in [1.82, 2.24) is 19.9 Å². The molecule has 0 aromatic carbocycles. The molecule has 10 heteroatoms. The predicted molar refractivity (Wildman–Crippen MR) is 122 cm³/mol. The average molecular weight is 442 g/mol. The fourth-order valence-electron chi connectivity index (χ4n) is 4.32. The van der Waals surface area contributed by atoms with Crippen molar-refractivity contribution in [2.45, 2.75) is 30.6 Å². The Balaban J connectivity index is 1.72. The van der Waals surface area contributed by atoms with Crippen molar-refractivity contribution in [3.63, 3.8) is 0 Å². The molecule has 1 saturated heterocycles. The molecule has 1 aliphatic carbocycles. The first-order valence-corrected chi connectivity index (χ1v) is 12.4. The quantitative estimate of drug-likeness (QED) is 0.557. The van der Waals surface area contributed by atoms with Gasteiger partial charge in [-0.1, -0.05) is 0 Å². The summed E-state index contributed by atoms with van der Waals surface area (Å²) in [6, 6.07) is 6.00. The van der Waals surface area contributed by atoms with Crippen LogP contribution >= 0.6 is 0 Å². The molecule has 164 valence electrons. The number of ether oxygens (including phenoxy) is 1. The van der Waals surface area contributed by atoms with Crippen molar-refractivity contribution in [2.24, 2.45) is 0 Å². The van der Waals surface area contributed by atoms with Gasteiger partial charge in [0.1, 0.15) is 17.3 Å². The van der Waals surface area contributed by atoms with Crippen molar-refractivity contribution in [3.8, 4) is 11.4 Å². The number of pyridine rings is 1. The number of anilines is 2. The lowest BCUT2D eigenvalue weighted by molar-refractivity contribution is 0.0985. The molecule has 5 rings (SSSR count). The average Bonchev–Trinajstić information content (AvgIpc) is 3.47. The van der Waals surface area contributed by atoms with E-state index < -0.39 is 14.5 Å². The zero-order valence-corrected chi connectivity index (χ0v) is 18.8. The summed E-state index contributed by atoms with van der Waals surface area (Å²) in [5, 5.41) is 4.02. The van der Waals surface area contributed by atoms with Gasteiger partial charge >= 0.3 is 0 Å². The number of rotatable bonds is 5. The summed E-state index contributed by atoms with van der Waals surface area (Å²) in [7, 11) is -0.959. The summed E-state index contributed by atoms with van der Waals surface area (Å²) in [5.74, 6) is 2.21. The van der Waals surface area contributed by atoms with E-state index in [4.69, 9.17) is 19.5 Å². The number of nitrogens with zero attached hydrogens (tertiary/aromatic N) is 4. The van der Waals surface area contributed by atoms with Gasteiger partial charge in [-0.3, -0.25) is 4.78 Å². The number of morpholine rings is 1. The van der Waals surface area contributed by atoms with Crippen LogP contribution in [0.5, 0.6) is 0 Å². The molecule has 0 unspecified atom stereocenters. The van der Waals surface area contributed by atoms with E-state index in [1.807, 2.05) is 25.2 Å². The molecule has 31 heavy (non-hydrogen) atoms. The topological polar surface area (TPSA) is 120 Å². The highest BCUT2D eigenvalue weighted by Crippen LogP contribution is 2.52. The van der Waals surface area contributed by atoms with E-state index in [1.54, 1.807) is 6.20 Å². The standard InChI is InChI=1S/C21H27N7O2S/c1-13-12-30-9-8-28(13)18-11-16(21(5-6-21)31(3,22)29)25-20(27-18)14-4-7-24-19-15(14)10-17(23-2)26-19/h4,7,10-11,13,22-23H,5-6,8-9,12H2,1-3H3,(H,24,26)/t13-,31+/m1/s1. The van der Waals surface area contributed by atoms with Crippen LogP contribution in [0, 0.1) is 4.78 Å². The largest absolute Gasteiger partial charge is 0.377 e. The third-order valence-corrected chi connectivity index (χ3v) is 8.44. The molecule has 3 N–H and O–H groups in total. The van der Waals surface area contributed by atoms with Crippen LogP contribution in [-0.4, -0.2) is 63.2 Å². The summed E-state index contributed by atoms with van der Waals surface area (Å²) >= 11 is 0. The second kappa shape index (κ2) is 7.16. The van der Waals surface area contributed by atoms with Gasteiger partial charge in [0, 0.05) is 43.1 Å². The van der Waals surface area contributed by atoms with Crippen LogP contribution in [0.2, 0.25) is 0 Å². The molecule has 0 bridgehead atoms. The van der Waals surface area contributed by atoms with E-state index in [-0.39, 0.29) is 6.04 Å². The van der Waals surface area contributed by atoms with Gasteiger partial charge in [0.25, 0.3) is 0 Å². The minimum absolute atomic E-state index is 0.169. The Morgan fingerprint density at radius 3 is 2.84 bits per heavy atom. The Bertz CT molecular complexity index is 1250. The summed E-state index contributed by atoms with van der Waals surface area (Å²) < 4.78 is 26.1. The molecule has 0 amide bonds. The normalized spacial score (nSPS) is 22.3. The Morgan fingerprint density at radius 1 is 1.35 bits per heavy atom. The van der Waals surface area contributed by atoms with Gasteiger partial charge in [-0.2, -0.15) is 0 Å². The van der Waals surface area contributed by atoms with Crippen molar-refractivity contribution >= 4 is 32.4 Å². The number of fused-ring (bicyclic) bond motifs is 1. The molecule has 2 atom stereocenters. The van der Waals surface area contributed by atoms with E-state index in [0.717, 1.165) is 34.8 Å². The third-order valence-electron chi connectivity index (χ3n) is 6.33. The monoisotopic (exact) mass is 441 g/mol. The maximum Gasteiger partial charge on any atom is 0.162 e. The second-order valence-corrected chi connectivity index (χ2v) is 10.9. The second-order valence-electron chi connectivity index (χ2n) is 8.44. The van der Waals surface area contributed by atoms with E-state index in [9.17, 15) is 4.21 Å². The maximum atomic E-state index is 12.9. The summed E-state index contributed by atoms with van der Waals surface area (Å²) in [6.45, 7) is 4.10. The molecule has 1 saturated carbocycles. The zero-order valence-electron chi connectivity index (χ0n) is 17.9. The highest BCUT2D eigenvalue weighted by Gasteiger charge is 2.53. The summed E-state index contributed by atoms with van der Waals surface area (Å²) in [6.07, 6.45) is 4.68. The first-order valence-electron chi connectivity index (χ1n) is 10.5. The smallest absolute Gasteiger partial charge is 0.162 e. The minimum Gasteiger partial charge on any atom is -0.377 e. The Kier molecular flexibility index (Phi) is 4.67. The molecule has 9 nitrogen and oxygen atoms in total. The van der Waals surface area contributed by atoms with Crippen molar-refractivity contribution in [3.05, 3.63) is 30.1 Å². The lowest BCUT2D eigenvalue weighted by Crippen LogP contribution is -2.44. The first-order chi connectivity index (χ1) is 14.8. The molecular weight excluding hydrogens is 414 g/mol. The zero-order chi connectivity index (χ0) is 21.8. The van der Waals surface area contributed by atoms with E-state index in [0.29, 0.717) is 37.6 Å². The van der Waals surface area contributed by atoms with E-state index in [1.165, 1.54) is 6.26 Å². The van der Waals surface area contributed by atoms with E-state index >= 15 is 0 Å². The highest BCUT2D eigenvalue weighted by molar-refractivity contribution is 7.92. The van der Waals surface area contributed by atoms with Crippen LogP contribution < -0.4 is 10.2 Å². The van der Waals surface area contributed by atoms with Gasteiger partial charge in [0.05, 0.1) is 39.4 Å². The first kappa shape index (κ1) is 20.2. The van der Waals surface area contributed by atoms with Gasteiger partial charge < -0.3 is 19.9 Å². The summed E-state index contributed by atoms with van der Waals surface area (Å²) in [4.78, 5) is 19.7. The SMILES string of the molecule is CNc1cc2c(-c3nc(N4CCOC[C@H]4C)cc(C4([S@@](C)(=N)=O)CC4)n3)ccnc2[nH]1. The highest BCUT2D eigenvalue weighted by atomic mass is 32.2. The van der Waals surface area contributed by atoms with Gasteiger partial charge in [0.2, 0.25) is 0 Å². The van der Waals surface area contributed by atoms with Crippen LogP contribution in [0.3, 0.4) is 0 Å². The van der Waals surface area contributed by atoms with Crippen molar-refractivity contribution in [2.75, 3.05) is 43.3 Å². The minimum atomic E-state index is -2.81. The lowest BCUT2D eigenvalue weighted by Gasteiger charge is -2.35. The maximum absolute atomic E-state index is 12.9. The van der Waals surface area contributed by atoms with Gasteiger partial charge in [0.15, 0.2) is 5.82 Å². The molecule has 3 aromatic heterocycles. The molecule has 2 aliphatic rings. The number of hydrogen-bond acceptors (Lipinski definition) is 8. The Hall–Kier alpha value is -2.72. The molecular formula is C21H27N7O2S. The van der Waals surface area contributed by atoms with Crippen LogP contribution in [0.15, 0.2) is 24.4 Å². The summed E-state index contributed by atoms with van der Waals surface area (Å²) in [5.41, 5.74) is 2.30. The van der Waals surface area contributed by atoms with Crippen LogP contribution in [-0.2, 0) is 19.2 Å². The third kappa shape index (κ3) is 3.34. The Labute approximate surface area is 181 Å². The van der Waals surface area contributed by atoms with Crippen LogP contribution in [0.1, 0.15) is 25.5 Å². The van der Waals surface area contributed by atoms with Gasteiger partial charge in [-0.25, -0.2) is 19.2 Å². The van der Waals surface area contributed by atoms with Crippen LogP contribution in [0.25, 0.3) is 22.4 Å². The number of hydrogen-bond donors (Lipinski definition) is 3. The van der Waals surface area contributed by atoms with Gasteiger partial charge in [-0.05, 0) is 31.9 Å². The molecule has 1 aliphatic heterocycles. The predicted octanol–water partition coefficient (Wildman–Crippen LogP) is 2.95. The molecule has 0 radical (unpaired) electrons. The Morgan fingerprint density at radius 2 is 2.16 bits per heavy atom. The van der Waals surface area contributed by atoms with Gasteiger partial charge in [-0.15, -0.1) is 0 Å². The number of nitrogens with one attached hydrogen (secondary N) is 3. The van der Waals surface area contributed by atoms with Crippen LogP contribution in [0.4, 0.5) is 11.6 Å². The van der Waals surface area contributed by atoms with Crippen molar-refractivity contribution < 1.29 is 8.95 Å². The molecule has 2 fully saturated rings. The van der Waals surface area contributed by atoms with E-state index in [2.05, 4.69) is 27.1 Å². The number of H-pyrrole nitrogens is 1. The molecule has 4 heterocycles. The molecule has 0 spiro atoms. The number of aromatic amines is 1.